The van der Waals surface area contributed by atoms with Gasteiger partial charge in [-0.1, -0.05) is 18.2 Å². The third-order valence-electron chi connectivity index (χ3n) is 2.18. The summed E-state index contributed by atoms with van der Waals surface area (Å²) in [5, 5.41) is 0. The van der Waals surface area contributed by atoms with Crippen LogP contribution in [0.2, 0.25) is 0 Å². The predicted octanol–water partition coefficient (Wildman–Crippen LogP) is 2.05. The lowest BCUT2D eigenvalue weighted by Crippen LogP contribution is -2.14. The van der Waals surface area contributed by atoms with Gasteiger partial charge in [-0.25, -0.2) is 0 Å². The number of carbonyl (C=O) groups excluding carboxylic acids is 1. The molecule has 1 heterocycles. The number of esters is 1. The molecular weight excluding hydrogens is 178 g/mol. The van der Waals surface area contributed by atoms with Crippen molar-refractivity contribution in [3.63, 3.8) is 0 Å². The number of nitrogens with zero attached hydrogens (tertiary/aromatic N) is 1. The lowest BCUT2D eigenvalue weighted by molar-refractivity contribution is -0.142. The molecule has 0 fully saturated rings. The minimum atomic E-state index is -0.314. The second-order valence-corrected chi connectivity index (χ2v) is 3.07. The summed E-state index contributed by atoms with van der Waals surface area (Å²) < 4.78 is 4.95. The van der Waals surface area contributed by atoms with Crippen molar-refractivity contribution in [1.82, 2.24) is 0 Å². The second-order valence-electron chi connectivity index (χ2n) is 3.07. The van der Waals surface area contributed by atoms with Crippen LogP contribution in [0, 0.1) is 0 Å². The second kappa shape index (κ2) is 3.62. The van der Waals surface area contributed by atoms with Crippen molar-refractivity contribution in [3.8, 4) is 0 Å². The molecule has 1 aromatic rings. The van der Waals surface area contributed by atoms with E-state index in [2.05, 4.69) is 4.99 Å². The Morgan fingerprint density at radius 1 is 1.50 bits per heavy atom. The molecule has 72 valence electrons. The molecule has 0 bridgehead atoms. The fourth-order valence-electron chi connectivity index (χ4n) is 1.52. The lowest BCUT2D eigenvalue weighted by Gasteiger charge is -2.07. The molecule has 1 atom stereocenters. The molecule has 14 heavy (non-hydrogen) atoms. The first-order valence-electron chi connectivity index (χ1n) is 4.62. The predicted molar refractivity (Wildman–Crippen MR) is 54.0 cm³/mol. The van der Waals surface area contributed by atoms with Crippen LogP contribution in [0.25, 0.3) is 0 Å². The van der Waals surface area contributed by atoms with Crippen LogP contribution in [0.15, 0.2) is 29.3 Å². The number of ether oxygens (including phenoxy) is 1. The van der Waals surface area contributed by atoms with Gasteiger partial charge >= 0.3 is 5.97 Å². The maximum Gasteiger partial charge on any atom is 0.318 e. The van der Waals surface area contributed by atoms with Gasteiger partial charge in [-0.05, 0) is 18.6 Å². The number of para-hydroxylation sites is 1. The van der Waals surface area contributed by atoms with Crippen LogP contribution in [-0.2, 0) is 9.53 Å². The minimum Gasteiger partial charge on any atom is -0.465 e. The van der Waals surface area contributed by atoms with E-state index in [0.717, 1.165) is 11.3 Å². The quantitative estimate of drug-likeness (QED) is 0.668. The minimum absolute atomic E-state index is 0.221. The topological polar surface area (TPSA) is 38.7 Å². The van der Waals surface area contributed by atoms with E-state index in [1.54, 1.807) is 13.1 Å². The molecule has 0 spiro atoms. The molecule has 1 unspecified atom stereocenters. The molecule has 0 amide bonds. The Bertz CT molecular complexity index is 385. The monoisotopic (exact) mass is 189 g/mol. The lowest BCUT2D eigenvalue weighted by atomic mass is 10.0. The summed E-state index contributed by atoms with van der Waals surface area (Å²) in [4.78, 5) is 15.7. The fourth-order valence-corrected chi connectivity index (χ4v) is 1.52. The van der Waals surface area contributed by atoms with Crippen molar-refractivity contribution in [3.05, 3.63) is 29.8 Å². The zero-order valence-corrected chi connectivity index (χ0v) is 7.93. The van der Waals surface area contributed by atoms with E-state index in [1.807, 2.05) is 24.3 Å². The van der Waals surface area contributed by atoms with Gasteiger partial charge in [-0.15, -0.1) is 0 Å². The van der Waals surface area contributed by atoms with Crippen molar-refractivity contribution in [2.24, 2.45) is 4.99 Å². The van der Waals surface area contributed by atoms with Crippen LogP contribution in [-0.4, -0.2) is 18.8 Å². The van der Waals surface area contributed by atoms with Gasteiger partial charge < -0.3 is 4.74 Å². The van der Waals surface area contributed by atoms with Crippen LogP contribution in [0.4, 0.5) is 5.69 Å². The average molecular weight is 189 g/mol. The van der Waals surface area contributed by atoms with Crippen LogP contribution in [0.5, 0.6) is 0 Å². The summed E-state index contributed by atoms with van der Waals surface area (Å²) in [5.41, 5.74) is 1.80. The Kier molecular flexibility index (Phi) is 2.31. The van der Waals surface area contributed by atoms with Crippen molar-refractivity contribution >= 4 is 17.9 Å². The van der Waals surface area contributed by atoms with Crippen LogP contribution < -0.4 is 0 Å². The van der Waals surface area contributed by atoms with E-state index in [1.165, 1.54) is 0 Å². The Balaban J connectivity index is 2.26. The van der Waals surface area contributed by atoms with Crippen molar-refractivity contribution in [2.45, 2.75) is 12.8 Å². The van der Waals surface area contributed by atoms with Crippen molar-refractivity contribution in [2.75, 3.05) is 6.61 Å². The molecule has 3 nitrogen and oxygen atoms in total. The highest BCUT2D eigenvalue weighted by Crippen LogP contribution is 2.32. The maximum atomic E-state index is 11.5. The van der Waals surface area contributed by atoms with E-state index in [9.17, 15) is 4.79 Å². The Labute approximate surface area is 82.4 Å². The molecule has 0 aromatic heterocycles. The standard InChI is InChI=1S/C11H11NO2/c1-2-14-11(13)9-7-12-10-6-4-3-5-8(9)10/h3-7,9H,2H2,1H3. The molecule has 1 aliphatic rings. The molecule has 1 aliphatic heterocycles. The number of hydrogen-bond donors (Lipinski definition) is 0. The van der Waals surface area contributed by atoms with Gasteiger partial charge in [0, 0.05) is 6.21 Å². The third-order valence-corrected chi connectivity index (χ3v) is 2.18. The van der Waals surface area contributed by atoms with Gasteiger partial charge in [-0.2, -0.15) is 0 Å². The Morgan fingerprint density at radius 3 is 3.07 bits per heavy atom. The molecule has 2 rings (SSSR count). The van der Waals surface area contributed by atoms with E-state index in [-0.39, 0.29) is 11.9 Å². The maximum absolute atomic E-state index is 11.5. The first-order valence-corrected chi connectivity index (χ1v) is 4.62. The zero-order chi connectivity index (χ0) is 9.97. The molecule has 3 heteroatoms. The summed E-state index contributed by atoms with van der Waals surface area (Å²) in [5.74, 6) is -0.535. The first kappa shape index (κ1) is 8.94. The average Bonchev–Trinajstić information content (AvgIpc) is 2.61. The smallest absolute Gasteiger partial charge is 0.318 e. The zero-order valence-electron chi connectivity index (χ0n) is 7.93. The van der Waals surface area contributed by atoms with Crippen molar-refractivity contribution in [1.29, 1.82) is 0 Å². The van der Waals surface area contributed by atoms with Gasteiger partial charge in [0.05, 0.1) is 12.3 Å². The molecule has 0 N–H and O–H groups in total. The van der Waals surface area contributed by atoms with Gasteiger partial charge in [0.25, 0.3) is 0 Å². The number of carbonyl (C=O) groups is 1. The summed E-state index contributed by atoms with van der Waals surface area (Å²) in [7, 11) is 0. The van der Waals surface area contributed by atoms with Crippen LogP contribution in [0.1, 0.15) is 18.4 Å². The highest BCUT2D eigenvalue weighted by Gasteiger charge is 2.26. The van der Waals surface area contributed by atoms with E-state index < -0.39 is 0 Å². The molecule has 1 aromatic carbocycles. The molecule has 0 saturated carbocycles. The van der Waals surface area contributed by atoms with Gasteiger partial charge in [0.15, 0.2) is 0 Å². The highest BCUT2D eigenvalue weighted by atomic mass is 16.5. The van der Waals surface area contributed by atoms with Crippen LogP contribution in [0.3, 0.4) is 0 Å². The van der Waals surface area contributed by atoms with Gasteiger partial charge in [0.1, 0.15) is 5.92 Å². The number of fused-ring (bicyclic) bond motifs is 1. The SMILES string of the molecule is CCOC(=O)C1C=Nc2ccccc21. The number of hydrogen-bond acceptors (Lipinski definition) is 3. The van der Waals surface area contributed by atoms with Crippen LogP contribution >= 0.6 is 0 Å². The Hall–Kier alpha value is -1.64. The number of rotatable bonds is 2. The van der Waals surface area contributed by atoms with E-state index in [0.29, 0.717) is 6.61 Å². The molecule has 0 saturated heterocycles. The fraction of sp³-hybridized carbons (Fsp3) is 0.273. The summed E-state index contributed by atoms with van der Waals surface area (Å²) >= 11 is 0. The first-order chi connectivity index (χ1) is 6.83. The number of benzene rings is 1. The molecule has 0 radical (unpaired) electrons. The highest BCUT2D eigenvalue weighted by molar-refractivity contribution is 6.01. The summed E-state index contributed by atoms with van der Waals surface area (Å²) in [6, 6.07) is 7.61. The number of aliphatic imine (C=N–C) groups is 1. The molecular formula is C11H11NO2. The van der Waals surface area contributed by atoms with E-state index in [4.69, 9.17) is 4.74 Å². The normalized spacial score (nSPS) is 17.9. The van der Waals surface area contributed by atoms with Crippen molar-refractivity contribution < 1.29 is 9.53 Å². The molecule has 0 aliphatic carbocycles. The summed E-state index contributed by atoms with van der Waals surface area (Å²) in [6.07, 6.45) is 1.64. The third kappa shape index (κ3) is 1.41. The Morgan fingerprint density at radius 2 is 2.29 bits per heavy atom. The summed E-state index contributed by atoms with van der Waals surface area (Å²) in [6.45, 7) is 2.21. The van der Waals surface area contributed by atoms with Gasteiger partial charge in [0.2, 0.25) is 0 Å². The van der Waals surface area contributed by atoms with Gasteiger partial charge in [-0.3, -0.25) is 9.79 Å². The van der Waals surface area contributed by atoms with E-state index >= 15 is 0 Å². The largest absolute Gasteiger partial charge is 0.465 e.